The van der Waals surface area contributed by atoms with Crippen molar-refractivity contribution in [1.29, 1.82) is 0 Å². The molecule has 2 amide bonds. The number of hydrogen-bond acceptors (Lipinski definition) is 3. The minimum absolute atomic E-state index is 0. The van der Waals surface area contributed by atoms with Gasteiger partial charge in [0.25, 0.3) is 0 Å². The third kappa shape index (κ3) is 3.83. The Bertz CT molecular complexity index is 335. The van der Waals surface area contributed by atoms with Crippen molar-refractivity contribution < 1.29 is 9.59 Å². The summed E-state index contributed by atoms with van der Waals surface area (Å²) in [5.41, 5.74) is 10.8. The normalized spacial score (nSPS) is 22.9. The van der Waals surface area contributed by atoms with E-state index < -0.39 is 5.54 Å². The van der Waals surface area contributed by atoms with Crippen LogP contribution in [0.2, 0.25) is 0 Å². The molecular weight excluding hydrogens is 266 g/mol. The maximum Gasteiger partial charge on any atom is 0.242 e. The maximum atomic E-state index is 12.4. The van der Waals surface area contributed by atoms with Crippen molar-refractivity contribution in [3.05, 3.63) is 0 Å². The topological polar surface area (TPSA) is 89.4 Å². The number of rotatable bonds is 3. The Morgan fingerprint density at radius 3 is 2.16 bits per heavy atom. The highest BCUT2D eigenvalue weighted by Crippen LogP contribution is 2.30. The molecule has 1 heterocycles. The third-order valence-corrected chi connectivity index (χ3v) is 4.31. The molecule has 5 nitrogen and oxygen atoms in total. The Morgan fingerprint density at radius 1 is 1.16 bits per heavy atom. The van der Waals surface area contributed by atoms with Gasteiger partial charge < -0.3 is 16.4 Å². The first kappa shape index (κ1) is 16.2. The number of carbonyl (C=O) groups is 2. The number of primary amides is 1. The van der Waals surface area contributed by atoms with E-state index in [1.165, 1.54) is 0 Å². The second-order valence-corrected chi connectivity index (χ2v) is 5.77. The molecule has 2 rings (SSSR count). The van der Waals surface area contributed by atoms with Crippen molar-refractivity contribution in [2.75, 3.05) is 13.1 Å². The molecule has 0 spiro atoms. The number of nitrogens with two attached hydrogens (primary N) is 2. The van der Waals surface area contributed by atoms with Crippen molar-refractivity contribution in [3.8, 4) is 0 Å². The Balaban J connectivity index is 0.00000180. The molecule has 0 bridgehead atoms. The molecule has 110 valence electrons. The van der Waals surface area contributed by atoms with Crippen molar-refractivity contribution in [2.24, 2.45) is 17.4 Å². The lowest BCUT2D eigenvalue weighted by Gasteiger charge is -2.36. The maximum absolute atomic E-state index is 12.4. The van der Waals surface area contributed by atoms with Crippen molar-refractivity contribution in [3.63, 3.8) is 0 Å². The number of piperidine rings is 1. The number of carbonyl (C=O) groups excluding carboxylic acids is 2. The van der Waals surface area contributed by atoms with Crippen LogP contribution in [-0.4, -0.2) is 35.3 Å². The molecule has 0 unspecified atom stereocenters. The van der Waals surface area contributed by atoms with E-state index in [0.717, 1.165) is 51.6 Å². The van der Waals surface area contributed by atoms with Crippen LogP contribution in [-0.2, 0) is 9.59 Å². The van der Waals surface area contributed by atoms with Gasteiger partial charge in [-0.1, -0.05) is 12.8 Å². The molecule has 0 aromatic heterocycles. The molecule has 2 fully saturated rings. The van der Waals surface area contributed by atoms with Crippen molar-refractivity contribution in [1.82, 2.24) is 4.90 Å². The minimum atomic E-state index is -0.615. The van der Waals surface area contributed by atoms with Gasteiger partial charge in [0.15, 0.2) is 0 Å². The van der Waals surface area contributed by atoms with Gasteiger partial charge in [0, 0.05) is 19.5 Å². The van der Waals surface area contributed by atoms with E-state index in [9.17, 15) is 9.59 Å². The summed E-state index contributed by atoms with van der Waals surface area (Å²) in [5.74, 6) is 0.201. The van der Waals surface area contributed by atoms with Gasteiger partial charge in [-0.3, -0.25) is 9.59 Å². The van der Waals surface area contributed by atoms with Gasteiger partial charge in [-0.05, 0) is 31.6 Å². The van der Waals surface area contributed by atoms with E-state index in [1.54, 1.807) is 0 Å². The van der Waals surface area contributed by atoms with Gasteiger partial charge in [0.1, 0.15) is 0 Å². The number of amides is 2. The molecule has 0 aromatic carbocycles. The van der Waals surface area contributed by atoms with Crippen molar-refractivity contribution in [2.45, 2.75) is 50.5 Å². The van der Waals surface area contributed by atoms with Gasteiger partial charge in [0.2, 0.25) is 11.8 Å². The number of likely N-dealkylation sites (tertiary alicyclic amines) is 1. The molecule has 19 heavy (non-hydrogen) atoms. The average Bonchev–Trinajstić information content (AvgIpc) is 2.77. The van der Waals surface area contributed by atoms with Gasteiger partial charge in [-0.15, -0.1) is 12.4 Å². The summed E-state index contributed by atoms with van der Waals surface area (Å²) in [6.45, 7) is 1.44. The second kappa shape index (κ2) is 6.57. The summed E-state index contributed by atoms with van der Waals surface area (Å²) in [5, 5.41) is 0. The van der Waals surface area contributed by atoms with Crippen LogP contribution in [0.4, 0.5) is 0 Å². The molecule has 1 saturated heterocycles. The summed E-state index contributed by atoms with van der Waals surface area (Å²) in [7, 11) is 0. The fourth-order valence-electron chi connectivity index (χ4n) is 3.16. The van der Waals surface area contributed by atoms with E-state index in [4.69, 9.17) is 11.5 Å². The second-order valence-electron chi connectivity index (χ2n) is 5.77. The van der Waals surface area contributed by atoms with Crippen molar-refractivity contribution >= 4 is 24.2 Å². The van der Waals surface area contributed by atoms with E-state index in [0.29, 0.717) is 12.3 Å². The SMILES string of the molecule is Cl.NC(=O)CC1CCN(C(=O)C2(N)CCCC2)CC1. The molecule has 4 N–H and O–H groups in total. The van der Waals surface area contributed by atoms with Crippen LogP contribution in [0, 0.1) is 5.92 Å². The largest absolute Gasteiger partial charge is 0.370 e. The lowest BCUT2D eigenvalue weighted by atomic mass is 9.90. The van der Waals surface area contributed by atoms with Gasteiger partial charge in [-0.2, -0.15) is 0 Å². The highest BCUT2D eigenvalue weighted by Gasteiger charge is 2.40. The first-order valence-electron chi connectivity index (χ1n) is 6.88. The number of halogens is 1. The Morgan fingerprint density at radius 2 is 1.68 bits per heavy atom. The molecule has 6 heteroatoms. The Labute approximate surface area is 120 Å². The molecule has 2 aliphatic rings. The Kier molecular flexibility index (Phi) is 5.62. The molecule has 1 aliphatic carbocycles. The average molecular weight is 290 g/mol. The Hall–Kier alpha value is -0.810. The highest BCUT2D eigenvalue weighted by atomic mass is 35.5. The number of hydrogen-bond donors (Lipinski definition) is 2. The monoisotopic (exact) mass is 289 g/mol. The summed E-state index contributed by atoms with van der Waals surface area (Å²) >= 11 is 0. The molecule has 0 atom stereocenters. The fourth-order valence-corrected chi connectivity index (χ4v) is 3.16. The van der Waals surface area contributed by atoms with Gasteiger partial charge in [-0.25, -0.2) is 0 Å². The van der Waals surface area contributed by atoms with Crippen LogP contribution in [0.5, 0.6) is 0 Å². The first-order valence-corrected chi connectivity index (χ1v) is 6.88. The van der Waals surface area contributed by atoms with Crippen LogP contribution < -0.4 is 11.5 Å². The standard InChI is InChI=1S/C13H23N3O2.ClH/c14-11(17)9-10-3-7-16(8-4-10)12(18)13(15)5-1-2-6-13;/h10H,1-9,15H2,(H2,14,17);1H. The van der Waals surface area contributed by atoms with Gasteiger partial charge in [0.05, 0.1) is 5.54 Å². The summed E-state index contributed by atoms with van der Waals surface area (Å²) in [4.78, 5) is 25.1. The summed E-state index contributed by atoms with van der Waals surface area (Å²) in [6, 6.07) is 0. The quantitative estimate of drug-likeness (QED) is 0.805. The predicted octanol–water partition coefficient (Wildman–Crippen LogP) is 0.794. The first-order chi connectivity index (χ1) is 8.51. The van der Waals surface area contributed by atoms with Crippen LogP contribution in [0.1, 0.15) is 44.9 Å². The minimum Gasteiger partial charge on any atom is -0.370 e. The van der Waals surface area contributed by atoms with Gasteiger partial charge >= 0.3 is 0 Å². The summed E-state index contributed by atoms with van der Waals surface area (Å²) in [6.07, 6.45) is 5.91. The van der Waals surface area contributed by atoms with E-state index in [2.05, 4.69) is 0 Å². The zero-order chi connectivity index (χ0) is 13.2. The summed E-state index contributed by atoms with van der Waals surface area (Å²) < 4.78 is 0. The molecule has 1 saturated carbocycles. The molecule has 1 aliphatic heterocycles. The van der Waals surface area contributed by atoms with Crippen LogP contribution >= 0.6 is 12.4 Å². The predicted molar refractivity (Wildman–Crippen MR) is 75.7 cm³/mol. The van der Waals surface area contributed by atoms with Crippen LogP contribution in [0.3, 0.4) is 0 Å². The lowest BCUT2D eigenvalue weighted by molar-refractivity contribution is -0.138. The van der Waals surface area contributed by atoms with E-state index in [1.807, 2.05) is 4.90 Å². The smallest absolute Gasteiger partial charge is 0.242 e. The van der Waals surface area contributed by atoms with Crippen LogP contribution in [0.15, 0.2) is 0 Å². The lowest BCUT2D eigenvalue weighted by Crippen LogP contribution is -2.55. The van der Waals surface area contributed by atoms with E-state index in [-0.39, 0.29) is 24.2 Å². The highest BCUT2D eigenvalue weighted by molar-refractivity contribution is 5.86. The molecule has 0 radical (unpaired) electrons. The van der Waals surface area contributed by atoms with E-state index >= 15 is 0 Å². The zero-order valence-corrected chi connectivity index (χ0v) is 12.1. The number of nitrogens with zero attached hydrogens (tertiary/aromatic N) is 1. The molecular formula is C13H24ClN3O2. The third-order valence-electron chi connectivity index (χ3n) is 4.31. The fraction of sp³-hybridized carbons (Fsp3) is 0.846. The zero-order valence-electron chi connectivity index (χ0n) is 11.3. The molecule has 0 aromatic rings. The van der Waals surface area contributed by atoms with Crippen LogP contribution in [0.25, 0.3) is 0 Å².